The minimum Gasteiger partial charge on any atom is -0.489 e. The van der Waals surface area contributed by atoms with Crippen LogP contribution in [0.25, 0.3) is 6.08 Å². The summed E-state index contributed by atoms with van der Waals surface area (Å²) in [5.41, 5.74) is 1.71. The highest BCUT2D eigenvalue weighted by Crippen LogP contribution is 2.23. The van der Waals surface area contributed by atoms with E-state index in [4.69, 9.17) is 33.0 Å². The summed E-state index contributed by atoms with van der Waals surface area (Å²) < 4.78 is 5.63. The van der Waals surface area contributed by atoms with E-state index in [0.717, 1.165) is 17.2 Å². The van der Waals surface area contributed by atoms with Crippen molar-refractivity contribution in [2.45, 2.75) is 6.61 Å². The quantitative estimate of drug-likeness (QED) is 0.813. The van der Waals surface area contributed by atoms with Gasteiger partial charge in [-0.2, -0.15) is 0 Å². The van der Waals surface area contributed by atoms with Crippen molar-refractivity contribution in [3.63, 3.8) is 0 Å². The Morgan fingerprint density at radius 1 is 1.10 bits per heavy atom. The van der Waals surface area contributed by atoms with Crippen LogP contribution < -0.4 is 4.74 Å². The summed E-state index contributed by atoms with van der Waals surface area (Å²) in [4.78, 5) is 10.4. The van der Waals surface area contributed by atoms with Crippen molar-refractivity contribution >= 4 is 35.2 Å². The van der Waals surface area contributed by atoms with Gasteiger partial charge in [-0.05, 0) is 41.5 Å². The molecule has 0 amide bonds. The second-order valence-corrected chi connectivity index (χ2v) is 5.09. The first-order valence-corrected chi connectivity index (χ1v) is 6.88. The lowest BCUT2D eigenvalue weighted by molar-refractivity contribution is -0.131. The first-order chi connectivity index (χ1) is 10.0. The zero-order valence-corrected chi connectivity index (χ0v) is 12.4. The third-order valence-electron chi connectivity index (χ3n) is 2.69. The number of aliphatic carboxylic acids is 1. The summed E-state index contributed by atoms with van der Waals surface area (Å²) in [6, 6.07) is 12.4. The zero-order valence-electron chi connectivity index (χ0n) is 10.9. The van der Waals surface area contributed by atoms with Crippen LogP contribution >= 0.6 is 23.2 Å². The highest BCUT2D eigenvalue weighted by Gasteiger charge is 2.01. The lowest BCUT2D eigenvalue weighted by atomic mass is 10.2. The number of carboxylic acids is 1. The fraction of sp³-hybridized carbons (Fsp3) is 0.0625. The van der Waals surface area contributed by atoms with E-state index in [1.54, 1.807) is 36.4 Å². The Bertz CT molecular complexity index is 664. The van der Waals surface area contributed by atoms with Crippen LogP contribution in [-0.2, 0) is 11.4 Å². The number of hydrogen-bond acceptors (Lipinski definition) is 2. The topological polar surface area (TPSA) is 46.5 Å². The van der Waals surface area contributed by atoms with E-state index >= 15 is 0 Å². The van der Waals surface area contributed by atoms with Gasteiger partial charge < -0.3 is 9.84 Å². The predicted octanol–water partition coefficient (Wildman–Crippen LogP) is 4.67. The fourth-order valence-corrected chi connectivity index (χ4v) is 1.96. The summed E-state index contributed by atoms with van der Waals surface area (Å²) in [5.74, 6) is -0.288. The van der Waals surface area contributed by atoms with Gasteiger partial charge in [-0.1, -0.05) is 41.4 Å². The molecule has 0 heterocycles. The molecule has 3 nitrogen and oxygen atoms in total. The van der Waals surface area contributed by atoms with Crippen LogP contribution in [0.15, 0.2) is 48.5 Å². The van der Waals surface area contributed by atoms with Gasteiger partial charge in [0.2, 0.25) is 0 Å². The monoisotopic (exact) mass is 322 g/mol. The van der Waals surface area contributed by atoms with Crippen molar-refractivity contribution in [3.8, 4) is 5.75 Å². The van der Waals surface area contributed by atoms with Crippen LogP contribution in [0.3, 0.4) is 0 Å². The first kappa shape index (κ1) is 15.4. The van der Waals surface area contributed by atoms with Crippen LogP contribution in [-0.4, -0.2) is 11.1 Å². The molecule has 2 rings (SSSR count). The predicted molar refractivity (Wildman–Crippen MR) is 83.9 cm³/mol. The Kier molecular flexibility index (Phi) is 5.26. The number of halogens is 2. The van der Waals surface area contributed by atoms with Crippen LogP contribution in [0.1, 0.15) is 11.1 Å². The molecule has 0 saturated carbocycles. The average molecular weight is 323 g/mol. The Hall–Kier alpha value is -1.97. The van der Waals surface area contributed by atoms with Crippen molar-refractivity contribution in [1.82, 2.24) is 0 Å². The number of rotatable bonds is 5. The third-order valence-corrected chi connectivity index (χ3v) is 3.43. The molecule has 0 atom stereocenters. The molecule has 1 N–H and O–H groups in total. The molecule has 0 aliphatic rings. The zero-order chi connectivity index (χ0) is 15.2. The second-order valence-electron chi connectivity index (χ2n) is 4.28. The minimum absolute atomic E-state index is 0.376. The Labute approximate surface area is 132 Å². The lowest BCUT2D eigenvalue weighted by Gasteiger charge is -2.07. The standard InChI is InChI=1S/C16H12Cl2O3/c17-14-7-3-12(9-15(14)18)10-21-13-5-1-11(2-6-13)4-8-16(19)20/h1-9H,10H2,(H,19,20)/b8-4-. The van der Waals surface area contributed by atoms with Gasteiger partial charge in [-0.15, -0.1) is 0 Å². The molecule has 0 aliphatic carbocycles. The van der Waals surface area contributed by atoms with Crippen molar-refractivity contribution in [2.75, 3.05) is 0 Å². The number of hydrogen-bond donors (Lipinski definition) is 1. The number of carbonyl (C=O) groups is 1. The van der Waals surface area contributed by atoms with Gasteiger partial charge in [-0.25, -0.2) is 4.79 Å². The van der Waals surface area contributed by atoms with E-state index in [2.05, 4.69) is 0 Å². The van der Waals surface area contributed by atoms with Gasteiger partial charge in [0, 0.05) is 6.08 Å². The van der Waals surface area contributed by atoms with Gasteiger partial charge in [0.15, 0.2) is 0 Å². The molecule has 2 aromatic rings. The van der Waals surface area contributed by atoms with Crippen LogP contribution in [0.2, 0.25) is 10.0 Å². The van der Waals surface area contributed by atoms with E-state index in [1.165, 1.54) is 6.08 Å². The van der Waals surface area contributed by atoms with Crippen molar-refractivity contribution in [1.29, 1.82) is 0 Å². The van der Waals surface area contributed by atoms with Crippen LogP contribution in [0.4, 0.5) is 0 Å². The summed E-state index contributed by atoms with van der Waals surface area (Å²) in [6.45, 7) is 0.376. The molecular weight excluding hydrogens is 311 g/mol. The molecule has 21 heavy (non-hydrogen) atoms. The maximum Gasteiger partial charge on any atom is 0.328 e. The molecule has 0 saturated heterocycles. The van der Waals surface area contributed by atoms with Gasteiger partial charge in [0.25, 0.3) is 0 Å². The third kappa shape index (κ3) is 4.81. The Morgan fingerprint density at radius 3 is 2.43 bits per heavy atom. The molecule has 0 radical (unpaired) electrons. The SMILES string of the molecule is O=C(O)/C=C\c1ccc(OCc2ccc(Cl)c(Cl)c2)cc1. The summed E-state index contributed by atoms with van der Waals surface area (Å²) in [5, 5.41) is 9.55. The van der Waals surface area contributed by atoms with E-state index in [0.29, 0.717) is 22.4 Å². The number of ether oxygens (including phenoxy) is 1. The Morgan fingerprint density at radius 2 is 1.81 bits per heavy atom. The summed E-state index contributed by atoms with van der Waals surface area (Å²) >= 11 is 11.8. The maximum absolute atomic E-state index is 10.4. The van der Waals surface area contributed by atoms with E-state index in [9.17, 15) is 4.79 Å². The molecule has 0 fully saturated rings. The number of benzene rings is 2. The van der Waals surface area contributed by atoms with Crippen molar-refractivity contribution in [3.05, 3.63) is 69.7 Å². The van der Waals surface area contributed by atoms with Crippen LogP contribution in [0, 0.1) is 0 Å². The number of carboxylic acid groups (broad SMARTS) is 1. The second kappa shape index (κ2) is 7.16. The van der Waals surface area contributed by atoms with Gasteiger partial charge in [0.05, 0.1) is 10.0 Å². The molecule has 108 valence electrons. The molecule has 0 aromatic heterocycles. The Balaban J connectivity index is 1.97. The highest BCUT2D eigenvalue weighted by molar-refractivity contribution is 6.42. The van der Waals surface area contributed by atoms with Gasteiger partial charge in [-0.3, -0.25) is 0 Å². The summed E-state index contributed by atoms with van der Waals surface area (Å²) in [7, 11) is 0. The minimum atomic E-state index is -0.977. The lowest BCUT2D eigenvalue weighted by Crippen LogP contribution is -1.95. The first-order valence-electron chi connectivity index (χ1n) is 6.12. The maximum atomic E-state index is 10.4. The largest absolute Gasteiger partial charge is 0.489 e. The molecule has 5 heteroatoms. The smallest absolute Gasteiger partial charge is 0.328 e. The fourth-order valence-electron chi connectivity index (χ4n) is 1.64. The normalized spacial score (nSPS) is 10.8. The van der Waals surface area contributed by atoms with E-state index in [-0.39, 0.29) is 0 Å². The molecule has 2 aromatic carbocycles. The van der Waals surface area contributed by atoms with Crippen LogP contribution in [0.5, 0.6) is 5.75 Å². The van der Waals surface area contributed by atoms with Gasteiger partial charge >= 0.3 is 5.97 Å². The molecule has 0 bridgehead atoms. The van der Waals surface area contributed by atoms with E-state index in [1.807, 2.05) is 6.07 Å². The highest BCUT2D eigenvalue weighted by atomic mass is 35.5. The van der Waals surface area contributed by atoms with Crippen molar-refractivity contribution in [2.24, 2.45) is 0 Å². The average Bonchev–Trinajstić information content (AvgIpc) is 2.47. The molecular formula is C16H12Cl2O3. The van der Waals surface area contributed by atoms with Gasteiger partial charge in [0.1, 0.15) is 12.4 Å². The molecule has 0 spiro atoms. The van der Waals surface area contributed by atoms with E-state index < -0.39 is 5.97 Å². The molecule has 0 aliphatic heterocycles. The van der Waals surface area contributed by atoms with Crippen molar-refractivity contribution < 1.29 is 14.6 Å². The molecule has 0 unspecified atom stereocenters. The summed E-state index contributed by atoms with van der Waals surface area (Å²) in [6.07, 6.45) is 2.61.